The van der Waals surface area contributed by atoms with Crippen molar-refractivity contribution in [2.45, 2.75) is 0 Å². The number of piperazine rings is 1. The van der Waals surface area contributed by atoms with Crippen LogP contribution in [-0.2, 0) is 0 Å². The molecule has 74 valence electrons. The summed E-state index contributed by atoms with van der Waals surface area (Å²) in [5, 5.41) is 3.36. The van der Waals surface area contributed by atoms with Crippen molar-refractivity contribution in [1.29, 1.82) is 0 Å². The lowest BCUT2D eigenvalue weighted by Gasteiger charge is -2.28. The monoisotopic (exact) mass is 182 g/mol. The zero-order chi connectivity index (χ0) is 8.93. The highest BCUT2D eigenvalue weighted by molar-refractivity contribution is 5.56. The molecular weight excluding hydrogens is 164 g/mol. The molecule has 0 bridgehead atoms. The highest BCUT2D eigenvalue weighted by Crippen LogP contribution is 1.96. The maximum absolute atomic E-state index is 4.20. The van der Waals surface area contributed by atoms with Crippen molar-refractivity contribution in [2.75, 3.05) is 52.4 Å². The summed E-state index contributed by atoms with van der Waals surface area (Å²) in [6.45, 7) is 9.13. The van der Waals surface area contributed by atoms with Crippen LogP contribution in [0.3, 0.4) is 0 Å². The van der Waals surface area contributed by atoms with Crippen LogP contribution in [-0.4, -0.2) is 68.5 Å². The van der Waals surface area contributed by atoms with Crippen molar-refractivity contribution in [3.63, 3.8) is 0 Å². The molecule has 0 atom stereocenters. The van der Waals surface area contributed by atoms with Gasteiger partial charge in [-0.15, -0.1) is 0 Å². The molecule has 0 aromatic rings. The van der Waals surface area contributed by atoms with Gasteiger partial charge < -0.3 is 10.2 Å². The molecule has 2 aliphatic rings. The molecule has 0 radical (unpaired) electrons. The van der Waals surface area contributed by atoms with E-state index in [0.29, 0.717) is 0 Å². The van der Waals surface area contributed by atoms with Crippen LogP contribution in [0, 0.1) is 0 Å². The summed E-state index contributed by atoms with van der Waals surface area (Å²) >= 11 is 0. The van der Waals surface area contributed by atoms with Crippen molar-refractivity contribution < 1.29 is 0 Å². The molecule has 4 heteroatoms. The lowest BCUT2D eigenvalue weighted by molar-refractivity contribution is 0.225. The summed E-state index contributed by atoms with van der Waals surface area (Å²) in [6.07, 6.45) is 1.99. The van der Waals surface area contributed by atoms with E-state index in [1.807, 2.05) is 6.34 Å². The Kier molecular flexibility index (Phi) is 3.16. The third-order valence-corrected chi connectivity index (χ3v) is 2.67. The summed E-state index contributed by atoms with van der Waals surface area (Å²) < 4.78 is 0. The summed E-state index contributed by atoms with van der Waals surface area (Å²) in [5.41, 5.74) is 0. The molecule has 2 aliphatic heterocycles. The van der Waals surface area contributed by atoms with Gasteiger partial charge in [-0.05, 0) is 0 Å². The van der Waals surface area contributed by atoms with Crippen molar-refractivity contribution >= 4 is 6.34 Å². The van der Waals surface area contributed by atoms with E-state index >= 15 is 0 Å². The third kappa shape index (κ3) is 2.67. The number of nitrogens with one attached hydrogen (secondary N) is 1. The van der Waals surface area contributed by atoms with Crippen molar-refractivity contribution in [1.82, 2.24) is 15.1 Å². The van der Waals surface area contributed by atoms with Crippen LogP contribution in [0.1, 0.15) is 0 Å². The number of hydrogen-bond donors (Lipinski definition) is 1. The summed E-state index contributed by atoms with van der Waals surface area (Å²) in [7, 11) is 0. The first kappa shape index (κ1) is 8.97. The van der Waals surface area contributed by atoms with Gasteiger partial charge in [-0.3, -0.25) is 9.89 Å². The van der Waals surface area contributed by atoms with Crippen molar-refractivity contribution in [3.8, 4) is 0 Å². The van der Waals surface area contributed by atoms with Crippen molar-refractivity contribution in [2.24, 2.45) is 4.99 Å². The summed E-state index contributed by atoms with van der Waals surface area (Å²) in [4.78, 5) is 9.02. The van der Waals surface area contributed by atoms with Crippen LogP contribution < -0.4 is 5.32 Å². The largest absolute Gasteiger partial charge is 0.360 e. The van der Waals surface area contributed by atoms with Crippen molar-refractivity contribution in [3.05, 3.63) is 0 Å². The Labute approximate surface area is 79.6 Å². The molecular formula is C9H18N4. The molecule has 0 saturated carbocycles. The van der Waals surface area contributed by atoms with Crippen LogP contribution in [0.25, 0.3) is 0 Å². The SMILES string of the molecule is C1=NCCN1CCN1CCNCC1. The first-order valence-electron chi connectivity index (χ1n) is 5.12. The molecule has 2 heterocycles. The second-order valence-corrected chi connectivity index (χ2v) is 3.65. The van der Waals surface area contributed by atoms with E-state index in [1.165, 1.54) is 19.6 Å². The Morgan fingerprint density at radius 1 is 1.15 bits per heavy atom. The first-order valence-corrected chi connectivity index (χ1v) is 5.12. The van der Waals surface area contributed by atoms with Gasteiger partial charge in [-0.2, -0.15) is 0 Å². The van der Waals surface area contributed by atoms with E-state index in [0.717, 1.165) is 32.7 Å². The molecule has 4 nitrogen and oxygen atoms in total. The van der Waals surface area contributed by atoms with Gasteiger partial charge in [0, 0.05) is 45.8 Å². The van der Waals surface area contributed by atoms with E-state index in [9.17, 15) is 0 Å². The van der Waals surface area contributed by atoms with Crippen LogP contribution in [0.15, 0.2) is 4.99 Å². The lowest BCUT2D eigenvalue weighted by atomic mass is 10.3. The average Bonchev–Trinajstić information content (AvgIpc) is 2.69. The van der Waals surface area contributed by atoms with Gasteiger partial charge >= 0.3 is 0 Å². The summed E-state index contributed by atoms with van der Waals surface area (Å²) in [6, 6.07) is 0. The molecule has 1 N–H and O–H groups in total. The summed E-state index contributed by atoms with van der Waals surface area (Å²) in [5.74, 6) is 0. The molecule has 0 aliphatic carbocycles. The van der Waals surface area contributed by atoms with Gasteiger partial charge in [-0.1, -0.05) is 0 Å². The zero-order valence-corrected chi connectivity index (χ0v) is 8.08. The predicted molar refractivity (Wildman–Crippen MR) is 54.2 cm³/mol. The zero-order valence-electron chi connectivity index (χ0n) is 8.08. The van der Waals surface area contributed by atoms with Crippen LogP contribution in [0.4, 0.5) is 0 Å². The van der Waals surface area contributed by atoms with Gasteiger partial charge in [-0.25, -0.2) is 0 Å². The number of aliphatic imine (C=N–C) groups is 1. The second-order valence-electron chi connectivity index (χ2n) is 3.65. The standard InChI is InChI=1S/C9H18N4/c1-4-12(5-2-10-1)7-8-13-6-3-11-9-13/h9-10H,1-8H2. The minimum absolute atomic E-state index is 0.988. The fourth-order valence-electron chi connectivity index (χ4n) is 1.79. The van der Waals surface area contributed by atoms with Crippen LogP contribution in [0.5, 0.6) is 0 Å². The molecule has 1 fully saturated rings. The number of rotatable bonds is 3. The van der Waals surface area contributed by atoms with Gasteiger partial charge in [0.1, 0.15) is 0 Å². The fourth-order valence-corrected chi connectivity index (χ4v) is 1.79. The smallest absolute Gasteiger partial charge is 0.0851 e. The number of nitrogens with zero attached hydrogens (tertiary/aromatic N) is 3. The average molecular weight is 182 g/mol. The quantitative estimate of drug-likeness (QED) is 0.622. The molecule has 0 unspecified atom stereocenters. The Morgan fingerprint density at radius 2 is 2.00 bits per heavy atom. The Morgan fingerprint density at radius 3 is 2.69 bits per heavy atom. The molecule has 2 rings (SSSR count). The lowest BCUT2D eigenvalue weighted by Crippen LogP contribution is -2.46. The van der Waals surface area contributed by atoms with E-state index in [-0.39, 0.29) is 0 Å². The van der Waals surface area contributed by atoms with E-state index in [2.05, 4.69) is 20.1 Å². The minimum atomic E-state index is 0.988. The highest BCUT2D eigenvalue weighted by atomic mass is 15.2. The van der Waals surface area contributed by atoms with Gasteiger partial charge in [0.15, 0.2) is 0 Å². The molecule has 1 saturated heterocycles. The molecule has 0 amide bonds. The third-order valence-electron chi connectivity index (χ3n) is 2.67. The Balaban J connectivity index is 1.63. The van der Waals surface area contributed by atoms with Gasteiger partial charge in [0.2, 0.25) is 0 Å². The van der Waals surface area contributed by atoms with E-state index in [1.54, 1.807) is 0 Å². The Bertz CT molecular complexity index is 174. The first-order chi connectivity index (χ1) is 6.45. The fraction of sp³-hybridized carbons (Fsp3) is 0.889. The van der Waals surface area contributed by atoms with E-state index < -0.39 is 0 Å². The van der Waals surface area contributed by atoms with Crippen LogP contribution >= 0.6 is 0 Å². The molecule has 0 aromatic carbocycles. The van der Waals surface area contributed by atoms with E-state index in [4.69, 9.17) is 0 Å². The normalized spacial score (nSPS) is 24.2. The molecule has 13 heavy (non-hydrogen) atoms. The molecule has 0 aromatic heterocycles. The van der Waals surface area contributed by atoms with Gasteiger partial charge in [0.05, 0.1) is 12.9 Å². The topological polar surface area (TPSA) is 30.9 Å². The second kappa shape index (κ2) is 4.58. The molecule has 0 spiro atoms. The number of hydrogen-bond acceptors (Lipinski definition) is 4. The minimum Gasteiger partial charge on any atom is -0.360 e. The Hall–Kier alpha value is -0.610. The maximum atomic E-state index is 4.20. The maximum Gasteiger partial charge on any atom is 0.0851 e. The van der Waals surface area contributed by atoms with Crippen LogP contribution in [0.2, 0.25) is 0 Å². The van der Waals surface area contributed by atoms with Gasteiger partial charge in [0.25, 0.3) is 0 Å². The highest BCUT2D eigenvalue weighted by Gasteiger charge is 2.11. The predicted octanol–water partition coefficient (Wildman–Crippen LogP) is -0.764.